The first-order chi connectivity index (χ1) is 6.72. The van der Waals surface area contributed by atoms with Gasteiger partial charge in [0, 0.05) is 17.2 Å². The molecule has 3 nitrogen and oxygen atoms in total. The van der Waals surface area contributed by atoms with Crippen LogP contribution in [0.1, 0.15) is 5.56 Å². The van der Waals surface area contributed by atoms with Crippen LogP contribution in [0.3, 0.4) is 0 Å². The van der Waals surface area contributed by atoms with Gasteiger partial charge >= 0.3 is 0 Å². The summed E-state index contributed by atoms with van der Waals surface area (Å²) < 4.78 is 0. The van der Waals surface area contributed by atoms with Crippen LogP contribution in [0.25, 0.3) is 0 Å². The predicted molar refractivity (Wildman–Crippen MR) is 59.3 cm³/mol. The van der Waals surface area contributed by atoms with Gasteiger partial charge in [-0.25, -0.2) is 0 Å². The van der Waals surface area contributed by atoms with Gasteiger partial charge in [0.1, 0.15) is 0 Å². The summed E-state index contributed by atoms with van der Waals surface area (Å²) in [4.78, 5) is 0. The van der Waals surface area contributed by atoms with E-state index >= 15 is 0 Å². The van der Waals surface area contributed by atoms with Crippen molar-refractivity contribution in [3.05, 3.63) is 29.8 Å². The Morgan fingerprint density at radius 3 is 2.50 bits per heavy atom. The highest BCUT2D eigenvalue weighted by Gasteiger charge is 1.92. The summed E-state index contributed by atoms with van der Waals surface area (Å²) in [7, 11) is 0. The lowest BCUT2D eigenvalue weighted by Gasteiger charge is -2.02. The van der Waals surface area contributed by atoms with Gasteiger partial charge in [0.05, 0.1) is 0 Å². The Labute approximate surface area is 87.5 Å². The first-order valence-corrected chi connectivity index (χ1v) is 4.20. The third-order valence-electron chi connectivity index (χ3n) is 1.42. The summed E-state index contributed by atoms with van der Waals surface area (Å²) in [6.07, 6.45) is 0. The molecule has 1 aromatic carbocycles. The summed E-state index contributed by atoms with van der Waals surface area (Å²) in [5, 5.41) is 11.2. The number of nitrogens with two attached hydrogens (primary N) is 1. The third-order valence-corrected chi connectivity index (χ3v) is 1.52. The molecule has 0 aromatic heterocycles. The van der Waals surface area contributed by atoms with E-state index in [2.05, 4.69) is 29.4 Å². The van der Waals surface area contributed by atoms with E-state index in [1.165, 1.54) is 0 Å². The molecule has 0 aliphatic rings. The maximum Gasteiger partial charge on any atom is 0.168 e. The Morgan fingerprint density at radius 1 is 1.36 bits per heavy atom. The van der Waals surface area contributed by atoms with Crippen molar-refractivity contribution >= 4 is 23.0 Å². The van der Waals surface area contributed by atoms with Gasteiger partial charge in [-0.05, 0) is 36.5 Å². The molecule has 0 radical (unpaired) electrons. The Kier molecular flexibility index (Phi) is 3.49. The van der Waals surface area contributed by atoms with Crippen LogP contribution in [0.15, 0.2) is 24.3 Å². The van der Waals surface area contributed by atoms with Crippen LogP contribution in [0, 0.1) is 23.2 Å². The van der Waals surface area contributed by atoms with Gasteiger partial charge in [0.25, 0.3) is 0 Å². The van der Waals surface area contributed by atoms with E-state index in [0.29, 0.717) is 0 Å². The zero-order valence-electron chi connectivity index (χ0n) is 7.24. The highest BCUT2D eigenvalue weighted by atomic mass is 32.1. The van der Waals surface area contributed by atoms with Crippen molar-refractivity contribution < 1.29 is 0 Å². The molecule has 3 N–H and O–H groups in total. The molecule has 0 fully saturated rings. The van der Waals surface area contributed by atoms with Crippen molar-refractivity contribution in [3.63, 3.8) is 0 Å². The first kappa shape index (κ1) is 10.0. The second-order valence-electron chi connectivity index (χ2n) is 2.43. The lowest BCUT2D eigenvalue weighted by molar-refractivity contribution is 1.54. The molecule has 1 rings (SSSR count). The fourth-order valence-corrected chi connectivity index (χ4v) is 0.997. The zero-order valence-corrected chi connectivity index (χ0v) is 8.06. The molecule has 0 aliphatic heterocycles. The van der Waals surface area contributed by atoms with Crippen LogP contribution in [0.4, 0.5) is 5.69 Å². The summed E-state index contributed by atoms with van der Waals surface area (Å²) in [6, 6.07) is 8.90. The zero-order chi connectivity index (χ0) is 10.4. The molecule has 0 unspecified atom stereocenters. The average Bonchev–Trinajstić information content (AvgIpc) is 2.16. The van der Waals surface area contributed by atoms with Crippen LogP contribution in [-0.2, 0) is 0 Å². The van der Waals surface area contributed by atoms with Gasteiger partial charge in [-0.15, -0.1) is 0 Å². The number of hydrogen-bond acceptors (Lipinski definition) is 2. The summed E-state index contributed by atoms with van der Waals surface area (Å²) in [6.45, 7) is 0. The van der Waals surface area contributed by atoms with Crippen LogP contribution >= 0.6 is 12.2 Å². The van der Waals surface area contributed by atoms with Gasteiger partial charge in [-0.3, -0.25) is 0 Å². The SMILES string of the molecule is N#CC#Cc1ccc(NC(N)=S)cc1. The van der Waals surface area contributed by atoms with Gasteiger partial charge in [0.2, 0.25) is 0 Å². The minimum absolute atomic E-state index is 0.223. The lowest BCUT2D eigenvalue weighted by Crippen LogP contribution is -2.18. The molecule has 0 aliphatic carbocycles. The largest absolute Gasteiger partial charge is 0.376 e. The van der Waals surface area contributed by atoms with Crippen molar-refractivity contribution in [2.24, 2.45) is 5.73 Å². The van der Waals surface area contributed by atoms with Crippen molar-refractivity contribution in [1.82, 2.24) is 0 Å². The molecule has 14 heavy (non-hydrogen) atoms. The number of thiocarbonyl (C=S) groups is 1. The maximum atomic E-state index is 8.23. The number of benzene rings is 1. The highest BCUT2D eigenvalue weighted by Crippen LogP contribution is 2.07. The number of nitriles is 1. The van der Waals surface area contributed by atoms with Gasteiger partial charge in [-0.1, -0.05) is 5.92 Å². The standard InChI is InChI=1S/C10H7N3S/c11-7-1-2-8-3-5-9(6-4-8)13-10(12)14/h3-6H,(H3,12,13,14). The number of nitrogens with zero attached hydrogens (tertiary/aromatic N) is 1. The van der Waals surface area contributed by atoms with Crippen LogP contribution in [-0.4, -0.2) is 5.11 Å². The molecule has 0 atom stereocenters. The maximum absolute atomic E-state index is 8.23. The Hall–Kier alpha value is -2.04. The van der Waals surface area contributed by atoms with Crippen LogP contribution < -0.4 is 11.1 Å². The summed E-state index contributed by atoms with van der Waals surface area (Å²) >= 11 is 4.68. The highest BCUT2D eigenvalue weighted by molar-refractivity contribution is 7.80. The van der Waals surface area contributed by atoms with Gasteiger partial charge in [0.15, 0.2) is 11.2 Å². The minimum Gasteiger partial charge on any atom is -0.376 e. The van der Waals surface area contributed by atoms with Crippen LogP contribution in [0.2, 0.25) is 0 Å². The molecule has 0 saturated heterocycles. The monoisotopic (exact) mass is 201 g/mol. The van der Waals surface area contributed by atoms with Crippen molar-refractivity contribution in [2.75, 3.05) is 5.32 Å². The first-order valence-electron chi connectivity index (χ1n) is 3.79. The molecule has 0 spiro atoms. The number of anilines is 1. The Morgan fingerprint density at radius 2 is 2.00 bits per heavy atom. The molecule has 1 aromatic rings. The van der Waals surface area contributed by atoms with Crippen LogP contribution in [0.5, 0.6) is 0 Å². The van der Waals surface area contributed by atoms with Crippen molar-refractivity contribution in [2.45, 2.75) is 0 Å². The Bertz CT molecular complexity index is 431. The van der Waals surface area contributed by atoms with E-state index in [1.54, 1.807) is 30.3 Å². The number of rotatable bonds is 1. The average molecular weight is 201 g/mol. The molecular formula is C10H7N3S. The number of nitrogens with one attached hydrogen (secondary N) is 1. The molecule has 0 heterocycles. The smallest absolute Gasteiger partial charge is 0.168 e. The van der Waals surface area contributed by atoms with E-state index in [9.17, 15) is 0 Å². The quantitative estimate of drug-likeness (QED) is 0.529. The molecular weight excluding hydrogens is 194 g/mol. The summed E-state index contributed by atoms with van der Waals surface area (Å²) in [5.74, 6) is 4.98. The van der Waals surface area contributed by atoms with E-state index in [1.807, 2.05) is 0 Å². The van der Waals surface area contributed by atoms with Gasteiger partial charge in [-0.2, -0.15) is 5.26 Å². The van der Waals surface area contributed by atoms with Crippen molar-refractivity contribution in [3.8, 4) is 17.9 Å². The lowest BCUT2D eigenvalue weighted by atomic mass is 10.2. The molecule has 0 amide bonds. The minimum atomic E-state index is 0.223. The normalized spacial score (nSPS) is 7.93. The fraction of sp³-hybridized carbons (Fsp3) is 0. The molecule has 0 bridgehead atoms. The Balaban J connectivity index is 2.79. The predicted octanol–water partition coefficient (Wildman–Crippen LogP) is 1.22. The van der Waals surface area contributed by atoms with E-state index in [4.69, 9.17) is 11.0 Å². The molecule has 0 saturated carbocycles. The van der Waals surface area contributed by atoms with E-state index < -0.39 is 0 Å². The van der Waals surface area contributed by atoms with Crippen molar-refractivity contribution in [1.29, 1.82) is 5.26 Å². The third kappa shape index (κ3) is 3.14. The van der Waals surface area contributed by atoms with E-state index in [-0.39, 0.29) is 5.11 Å². The second-order valence-corrected chi connectivity index (χ2v) is 2.87. The van der Waals surface area contributed by atoms with Gasteiger partial charge < -0.3 is 11.1 Å². The number of hydrogen-bond donors (Lipinski definition) is 2. The topological polar surface area (TPSA) is 61.8 Å². The van der Waals surface area contributed by atoms with E-state index in [0.717, 1.165) is 11.3 Å². The molecule has 4 heteroatoms. The second kappa shape index (κ2) is 4.86. The fourth-order valence-electron chi connectivity index (χ4n) is 0.879. The summed E-state index contributed by atoms with van der Waals surface area (Å²) in [5.41, 5.74) is 6.88. The molecule has 68 valence electrons.